The molecule has 1 aliphatic carbocycles. The van der Waals surface area contributed by atoms with Gasteiger partial charge in [0.2, 0.25) is 5.78 Å². The summed E-state index contributed by atoms with van der Waals surface area (Å²) in [5.41, 5.74) is 3.30. The molecule has 38 heavy (non-hydrogen) atoms. The molecular formula is C28H31ClFN3O4S. The first-order valence-electron chi connectivity index (χ1n) is 13.0. The summed E-state index contributed by atoms with van der Waals surface area (Å²) in [4.78, 5) is 30.7. The molecule has 7 nitrogen and oxygen atoms in total. The second-order valence-electron chi connectivity index (χ2n) is 10.2. The fourth-order valence-electron chi connectivity index (χ4n) is 5.23. The molecule has 3 aromatic rings. The summed E-state index contributed by atoms with van der Waals surface area (Å²) in [6.07, 6.45) is 2.61. The molecule has 0 radical (unpaired) electrons. The van der Waals surface area contributed by atoms with Gasteiger partial charge in [0.15, 0.2) is 5.13 Å². The van der Waals surface area contributed by atoms with Crippen molar-refractivity contribution in [1.29, 1.82) is 0 Å². The molecule has 5 rings (SSSR count). The number of carboxylic acids is 1. The van der Waals surface area contributed by atoms with E-state index in [0.29, 0.717) is 60.2 Å². The largest absolute Gasteiger partial charge is 0.481 e. The van der Waals surface area contributed by atoms with Gasteiger partial charge in [-0.2, -0.15) is 4.39 Å². The molecule has 2 aromatic carbocycles. The molecule has 2 aliphatic rings. The number of halogens is 2. The van der Waals surface area contributed by atoms with Crippen LogP contribution in [0.15, 0.2) is 36.4 Å². The molecule has 1 atom stereocenters. The Morgan fingerprint density at radius 3 is 2.61 bits per heavy atom. The molecule has 1 saturated carbocycles. The number of carbonyl (C=O) groups excluding carboxylic acids is 1. The molecule has 0 amide bonds. The molecule has 2 heterocycles. The average molecular weight is 560 g/mol. The summed E-state index contributed by atoms with van der Waals surface area (Å²) in [5, 5.41) is 13.6. The van der Waals surface area contributed by atoms with E-state index in [1.54, 1.807) is 18.2 Å². The average Bonchev–Trinajstić information content (AvgIpc) is 3.56. The second kappa shape index (κ2) is 11.3. The smallest absolute Gasteiger partial charge is 0.330 e. The summed E-state index contributed by atoms with van der Waals surface area (Å²) in [6, 6.07) is 11.3. The Morgan fingerprint density at radius 1 is 1.18 bits per heavy atom. The van der Waals surface area contributed by atoms with E-state index in [-0.39, 0.29) is 6.42 Å². The van der Waals surface area contributed by atoms with Gasteiger partial charge >= 0.3 is 11.9 Å². The minimum atomic E-state index is -2.54. The standard InChI is InChI=1S/C28H31ClFN3O4S/c1-17-4-10-23-24(14-17)38-27(32-23)31-22-11-5-18(15-21(22)29)16-25(34)28(30,33-12-2-3-13-33)37-20-8-6-19(7-9-20)26(35)36/h4-5,10-11,14-15,19-20H,2-3,6-9,12-13,16H2,1H3,(H,31,32)(H,35,36). The van der Waals surface area contributed by atoms with Crippen molar-refractivity contribution in [2.45, 2.75) is 64.0 Å². The van der Waals surface area contributed by atoms with Crippen molar-refractivity contribution >= 4 is 55.7 Å². The first-order chi connectivity index (χ1) is 18.2. The number of ketones is 1. The van der Waals surface area contributed by atoms with Crippen molar-refractivity contribution in [3.8, 4) is 0 Å². The number of carbonyl (C=O) groups is 2. The number of nitrogens with zero attached hydrogens (tertiary/aromatic N) is 2. The number of rotatable bonds is 9. The number of hydrogen-bond donors (Lipinski definition) is 2. The number of benzene rings is 2. The van der Waals surface area contributed by atoms with E-state index < -0.39 is 29.8 Å². The Bertz CT molecular complexity index is 1340. The number of ether oxygens (including phenoxy) is 1. The van der Waals surface area contributed by atoms with Crippen LogP contribution in [0.5, 0.6) is 0 Å². The maximum Gasteiger partial charge on any atom is 0.330 e. The lowest BCUT2D eigenvalue weighted by molar-refractivity contribution is -0.252. The Balaban J connectivity index is 1.28. The first-order valence-corrected chi connectivity index (χ1v) is 14.2. The normalized spacial score (nSPS) is 21.9. The maximum atomic E-state index is 16.4. The Hall–Kier alpha value is -2.59. The highest BCUT2D eigenvalue weighted by molar-refractivity contribution is 7.22. The van der Waals surface area contributed by atoms with Gasteiger partial charge in [0, 0.05) is 19.5 Å². The highest BCUT2D eigenvalue weighted by atomic mass is 35.5. The van der Waals surface area contributed by atoms with E-state index in [2.05, 4.69) is 16.4 Å². The van der Waals surface area contributed by atoms with Crippen LogP contribution in [0.4, 0.5) is 15.2 Å². The van der Waals surface area contributed by atoms with Gasteiger partial charge in [-0.15, -0.1) is 0 Å². The predicted molar refractivity (Wildman–Crippen MR) is 147 cm³/mol. The van der Waals surface area contributed by atoms with Crippen molar-refractivity contribution in [1.82, 2.24) is 9.88 Å². The number of aryl methyl sites for hydroxylation is 1. The van der Waals surface area contributed by atoms with Gasteiger partial charge < -0.3 is 15.2 Å². The fraction of sp³-hybridized carbons (Fsp3) is 0.464. The van der Waals surface area contributed by atoms with Gasteiger partial charge in [0.05, 0.1) is 32.9 Å². The lowest BCUT2D eigenvalue weighted by Crippen LogP contribution is -2.54. The van der Waals surface area contributed by atoms with E-state index in [1.165, 1.54) is 16.2 Å². The third kappa shape index (κ3) is 5.86. The molecule has 10 heteroatoms. The number of aliphatic carboxylic acids is 1. The summed E-state index contributed by atoms with van der Waals surface area (Å²) >= 11 is 8.07. The third-order valence-electron chi connectivity index (χ3n) is 7.39. The fourth-order valence-corrected chi connectivity index (χ4v) is 6.46. The molecular weight excluding hydrogens is 529 g/mol. The summed E-state index contributed by atoms with van der Waals surface area (Å²) in [6.45, 7) is 2.92. The van der Waals surface area contributed by atoms with Crippen LogP contribution in [0, 0.1) is 12.8 Å². The number of fused-ring (bicyclic) bond motifs is 1. The number of anilines is 2. The zero-order valence-electron chi connectivity index (χ0n) is 21.2. The lowest BCUT2D eigenvalue weighted by atomic mass is 9.87. The number of alkyl halides is 1. The minimum Gasteiger partial charge on any atom is -0.481 e. The predicted octanol–water partition coefficient (Wildman–Crippen LogP) is 6.49. The molecule has 1 aromatic heterocycles. The highest BCUT2D eigenvalue weighted by Crippen LogP contribution is 2.36. The van der Waals surface area contributed by atoms with E-state index >= 15 is 4.39 Å². The van der Waals surface area contributed by atoms with E-state index in [4.69, 9.17) is 16.3 Å². The van der Waals surface area contributed by atoms with Gasteiger partial charge in [-0.05, 0) is 80.8 Å². The van der Waals surface area contributed by atoms with E-state index in [0.717, 1.165) is 28.6 Å². The number of carboxylic acid groups (broad SMARTS) is 1. The van der Waals surface area contributed by atoms with Crippen LogP contribution in [-0.4, -0.2) is 51.9 Å². The van der Waals surface area contributed by atoms with Crippen molar-refractivity contribution in [2.24, 2.45) is 5.92 Å². The molecule has 2 fully saturated rings. The lowest BCUT2D eigenvalue weighted by Gasteiger charge is -2.37. The summed E-state index contributed by atoms with van der Waals surface area (Å²) in [7, 11) is 0. The number of thiazole rings is 1. The van der Waals surface area contributed by atoms with Crippen LogP contribution in [-0.2, 0) is 20.7 Å². The second-order valence-corrected chi connectivity index (χ2v) is 11.7. The molecule has 202 valence electrons. The van der Waals surface area contributed by atoms with Crippen LogP contribution in [0.1, 0.15) is 49.7 Å². The number of likely N-dealkylation sites (tertiary alicyclic amines) is 1. The maximum absolute atomic E-state index is 16.4. The van der Waals surface area contributed by atoms with Gasteiger partial charge in [-0.3, -0.25) is 9.59 Å². The molecule has 1 aliphatic heterocycles. The van der Waals surface area contributed by atoms with Crippen LogP contribution < -0.4 is 5.32 Å². The quantitative estimate of drug-likeness (QED) is 0.289. The molecule has 0 bridgehead atoms. The van der Waals surface area contributed by atoms with Gasteiger partial charge in [0.25, 0.3) is 0 Å². The molecule has 0 spiro atoms. The minimum absolute atomic E-state index is 0.169. The van der Waals surface area contributed by atoms with Crippen LogP contribution >= 0.6 is 22.9 Å². The van der Waals surface area contributed by atoms with Crippen LogP contribution in [0.25, 0.3) is 10.2 Å². The molecule has 1 saturated heterocycles. The topological polar surface area (TPSA) is 91.8 Å². The number of nitrogens with one attached hydrogen (secondary N) is 1. The van der Waals surface area contributed by atoms with Crippen LogP contribution in [0.3, 0.4) is 0 Å². The monoisotopic (exact) mass is 559 g/mol. The first kappa shape index (κ1) is 27.0. The highest BCUT2D eigenvalue weighted by Gasteiger charge is 2.48. The van der Waals surface area contributed by atoms with Gasteiger partial charge in [-0.1, -0.05) is 35.1 Å². The SMILES string of the molecule is Cc1ccc2nc(Nc3ccc(CC(=O)C(F)(OC4CCC(C(=O)O)CC4)N4CCCC4)cc3Cl)sc2c1. The molecule has 1 unspecified atom stereocenters. The van der Waals surface area contributed by atoms with Crippen molar-refractivity contribution < 1.29 is 23.8 Å². The summed E-state index contributed by atoms with van der Waals surface area (Å²) < 4.78 is 23.3. The number of Topliss-reactive ketones (excluding diaryl/α,β-unsaturated/α-hetero) is 1. The van der Waals surface area contributed by atoms with E-state index in [9.17, 15) is 14.7 Å². The zero-order valence-corrected chi connectivity index (χ0v) is 22.8. The van der Waals surface area contributed by atoms with Crippen molar-refractivity contribution in [2.75, 3.05) is 18.4 Å². The number of aromatic nitrogens is 1. The number of hydrogen-bond acceptors (Lipinski definition) is 7. The third-order valence-corrected chi connectivity index (χ3v) is 8.63. The zero-order chi connectivity index (χ0) is 26.9. The van der Waals surface area contributed by atoms with E-state index in [1.807, 2.05) is 19.1 Å². The molecule has 2 N–H and O–H groups in total. The Labute approximate surface area is 230 Å². The Morgan fingerprint density at radius 2 is 1.92 bits per heavy atom. The van der Waals surface area contributed by atoms with Crippen LogP contribution in [0.2, 0.25) is 5.02 Å². The van der Waals surface area contributed by atoms with Gasteiger partial charge in [0.1, 0.15) is 0 Å². The summed E-state index contributed by atoms with van der Waals surface area (Å²) in [5.74, 6) is -4.48. The van der Waals surface area contributed by atoms with Gasteiger partial charge in [-0.25, -0.2) is 9.88 Å². The van der Waals surface area contributed by atoms with Crippen molar-refractivity contribution in [3.05, 3.63) is 52.5 Å². The Kier molecular flexibility index (Phi) is 8.00. The van der Waals surface area contributed by atoms with Crippen molar-refractivity contribution in [3.63, 3.8) is 0 Å².